The fourth-order valence-electron chi connectivity index (χ4n) is 4.03. The number of nitrogens with zero attached hydrogens (tertiary/aromatic N) is 3. The van der Waals surface area contributed by atoms with Crippen LogP contribution in [0.5, 0.6) is 0 Å². The quantitative estimate of drug-likeness (QED) is 0.865. The molecule has 1 N–H and O–H groups in total. The van der Waals surface area contributed by atoms with E-state index in [0.717, 1.165) is 17.9 Å². The predicted octanol–water partition coefficient (Wildman–Crippen LogP) is 0.864. The second kappa shape index (κ2) is 6.52. The molecule has 1 aromatic rings. The molecular weight excluding hydrogens is 332 g/mol. The van der Waals surface area contributed by atoms with E-state index >= 15 is 0 Å². The van der Waals surface area contributed by atoms with E-state index in [1.54, 1.807) is 9.80 Å². The Morgan fingerprint density at radius 3 is 2.73 bits per heavy atom. The molecule has 0 spiro atoms. The molecule has 1 aromatic heterocycles. The molecule has 2 amide bonds. The van der Waals surface area contributed by atoms with Crippen molar-refractivity contribution in [2.45, 2.75) is 58.5 Å². The van der Waals surface area contributed by atoms with Crippen LogP contribution in [-0.2, 0) is 29.0 Å². The first-order chi connectivity index (χ1) is 12.4. The number of aromatic nitrogens is 2. The fraction of sp³-hybridized carbons (Fsp3) is 0.684. The Bertz CT molecular complexity index is 796. The highest BCUT2D eigenvalue weighted by Crippen LogP contribution is 2.31. The molecule has 1 aliphatic carbocycles. The second-order valence-electron chi connectivity index (χ2n) is 8.14. The zero-order chi connectivity index (χ0) is 18.4. The van der Waals surface area contributed by atoms with Gasteiger partial charge in [0.05, 0.1) is 18.2 Å². The SMILES string of the molecule is CC(C)N1C[C@H](C(=O)N2CCc3c(nc(CC4CC4)[nH]c3=O)C2)CC1=O. The number of carbonyl (C=O) groups is 2. The number of hydrogen-bond acceptors (Lipinski definition) is 4. The first-order valence-corrected chi connectivity index (χ1v) is 9.61. The van der Waals surface area contributed by atoms with Crippen molar-refractivity contribution >= 4 is 11.8 Å². The molecule has 0 aromatic carbocycles. The third-order valence-electron chi connectivity index (χ3n) is 5.74. The molecule has 0 radical (unpaired) electrons. The second-order valence-corrected chi connectivity index (χ2v) is 8.14. The lowest BCUT2D eigenvalue weighted by Gasteiger charge is -2.30. The molecule has 0 unspecified atom stereocenters. The molecule has 1 atom stereocenters. The van der Waals surface area contributed by atoms with Gasteiger partial charge in [-0.25, -0.2) is 4.98 Å². The first-order valence-electron chi connectivity index (χ1n) is 9.61. The van der Waals surface area contributed by atoms with Crippen molar-refractivity contribution in [2.24, 2.45) is 11.8 Å². The van der Waals surface area contributed by atoms with Crippen molar-refractivity contribution in [2.75, 3.05) is 13.1 Å². The van der Waals surface area contributed by atoms with Crippen molar-refractivity contribution in [3.63, 3.8) is 0 Å². The van der Waals surface area contributed by atoms with Gasteiger partial charge in [-0.3, -0.25) is 14.4 Å². The van der Waals surface area contributed by atoms with Crippen LogP contribution < -0.4 is 5.56 Å². The van der Waals surface area contributed by atoms with E-state index in [4.69, 9.17) is 0 Å². The van der Waals surface area contributed by atoms with Gasteiger partial charge in [0.25, 0.3) is 5.56 Å². The minimum Gasteiger partial charge on any atom is -0.339 e. The summed E-state index contributed by atoms with van der Waals surface area (Å²) in [5.74, 6) is 1.17. The van der Waals surface area contributed by atoms with Crippen molar-refractivity contribution in [1.29, 1.82) is 0 Å². The molecule has 2 fully saturated rings. The molecule has 4 rings (SSSR count). The third kappa shape index (κ3) is 3.27. The number of nitrogens with one attached hydrogen (secondary N) is 1. The van der Waals surface area contributed by atoms with Crippen LogP contribution in [0.25, 0.3) is 0 Å². The Labute approximate surface area is 152 Å². The van der Waals surface area contributed by atoms with Crippen LogP contribution in [0.2, 0.25) is 0 Å². The van der Waals surface area contributed by atoms with Gasteiger partial charge in [0.1, 0.15) is 5.82 Å². The average Bonchev–Trinajstić information content (AvgIpc) is 3.32. The van der Waals surface area contributed by atoms with E-state index in [-0.39, 0.29) is 35.8 Å². The van der Waals surface area contributed by atoms with Crippen molar-refractivity contribution in [3.8, 4) is 0 Å². The van der Waals surface area contributed by atoms with Gasteiger partial charge in [-0.15, -0.1) is 0 Å². The molecule has 1 saturated heterocycles. The Morgan fingerprint density at radius 2 is 2.08 bits per heavy atom. The van der Waals surface area contributed by atoms with Gasteiger partial charge in [-0.2, -0.15) is 0 Å². The number of hydrogen-bond donors (Lipinski definition) is 1. The summed E-state index contributed by atoms with van der Waals surface area (Å²) in [4.78, 5) is 48.5. The van der Waals surface area contributed by atoms with Crippen LogP contribution in [0, 0.1) is 11.8 Å². The highest BCUT2D eigenvalue weighted by Gasteiger charge is 2.38. The molecule has 2 aliphatic heterocycles. The summed E-state index contributed by atoms with van der Waals surface area (Å²) in [5.41, 5.74) is 1.38. The summed E-state index contributed by atoms with van der Waals surface area (Å²) in [7, 11) is 0. The lowest BCUT2D eigenvalue weighted by atomic mass is 10.0. The monoisotopic (exact) mass is 358 g/mol. The number of amides is 2. The van der Waals surface area contributed by atoms with Crippen LogP contribution in [0.1, 0.15) is 50.2 Å². The fourth-order valence-corrected chi connectivity index (χ4v) is 4.03. The Balaban J connectivity index is 1.49. The number of aromatic amines is 1. The van der Waals surface area contributed by atoms with E-state index in [1.165, 1.54) is 12.8 Å². The van der Waals surface area contributed by atoms with E-state index in [2.05, 4.69) is 9.97 Å². The summed E-state index contributed by atoms with van der Waals surface area (Å²) in [6.07, 6.45) is 4.04. The largest absolute Gasteiger partial charge is 0.339 e. The summed E-state index contributed by atoms with van der Waals surface area (Å²) in [6, 6.07) is 0.118. The molecule has 1 saturated carbocycles. The average molecular weight is 358 g/mol. The smallest absolute Gasteiger partial charge is 0.254 e. The van der Waals surface area contributed by atoms with Crippen LogP contribution in [-0.4, -0.2) is 50.7 Å². The summed E-state index contributed by atoms with van der Waals surface area (Å²) in [5, 5.41) is 0. The molecule has 3 aliphatic rings. The van der Waals surface area contributed by atoms with Crippen LogP contribution in [0.15, 0.2) is 4.79 Å². The molecule has 26 heavy (non-hydrogen) atoms. The van der Waals surface area contributed by atoms with Crippen molar-refractivity contribution in [1.82, 2.24) is 19.8 Å². The molecule has 140 valence electrons. The Kier molecular flexibility index (Phi) is 4.32. The zero-order valence-corrected chi connectivity index (χ0v) is 15.5. The van der Waals surface area contributed by atoms with Gasteiger partial charge in [0.15, 0.2) is 0 Å². The normalized spacial score (nSPS) is 22.9. The van der Waals surface area contributed by atoms with E-state index in [0.29, 0.717) is 37.5 Å². The maximum absolute atomic E-state index is 12.9. The summed E-state index contributed by atoms with van der Waals surface area (Å²) in [6.45, 7) is 5.33. The van der Waals surface area contributed by atoms with Crippen LogP contribution in [0.3, 0.4) is 0 Å². The van der Waals surface area contributed by atoms with Gasteiger partial charge in [-0.1, -0.05) is 0 Å². The number of H-pyrrole nitrogens is 1. The van der Waals surface area contributed by atoms with Gasteiger partial charge in [0.2, 0.25) is 11.8 Å². The first kappa shape index (κ1) is 17.2. The molecule has 3 heterocycles. The number of fused-ring (bicyclic) bond motifs is 1. The van der Waals surface area contributed by atoms with Gasteiger partial charge < -0.3 is 14.8 Å². The Hall–Kier alpha value is -2.18. The molecule has 7 nitrogen and oxygen atoms in total. The predicted molar refractivity (Wildman–Crippen MR) is 95.4 cm³/mol. The zero-order valence-electron chi connectivity index (χ0n) is 15.5. The third-order valence-corrected chi connectivity index (χ3v) is 5.74. The van der Waals surface area contributed by atoms with Gasteiger partial charge in [-0.05, 0) is 39.0 Å². The van der Waals surface area contributed by atoms with E-state index in [1.807, 2.05) is 13.8 Å². The maximum atomic E-state index is 12.9. The number of carbonyl (C=O) groups excluding carboxylic acids is 2. The standard InChI is InChI=1S/C19H26N4O3/c1-11(2)23-9-13(8-17(23)24)19(26)22-6-5-14-15(10-22)20-16(21-18(14)25)7-12-3-4-12/h11-13H,3-10H2,1-2H3,(H,20,21,25)/t13-/m1/s1. The minimum absolute atomic E-state index is 0.0120. The Morgan fingerprint density at radius 1 is 1.31 bits per heavy atom. The lowest BCUT2D eigenvalue weighted by Crippen LogP contribution is -2.43. The topological polar surface area (TPSA) is 86.4 Å². The number of rotatable bonds is 4. The lowest BCUT2D eigenvalue weighted by molar-refractivity contribution is -0.136. The van der Waals surface area contributed by atoms with E-state index in [9.17, 15) is 14.4 Å². The minimum atomic E-state index is -0.278. The highest BCUT2D eigenvalue weighted by molar-refractivity contribution is 5.89. The van der Waals surface area contributed by atoms with Crippen molar-refractivity contribution in [3.05, 3.63) is 27.4 Å². The van der Waals surface area contributed by atoms with Crippen LogP contribution in [0.4, 0.5) is 0 Å². The summed E-state index contributed by atoms with van der Waals surface area (Å²) < 4.78 is 0. The molecule has 7 heteroatoms. The maximum Gasteiger partial charge on any atom is 0.254 e. The van der Waals surface area contributed by atoms with Gasteiger partial charge >= 0.3 is 0 Å². The summed E-state index contributed by atoms with van der Waals surface area (Å²) >= 11 is 0. The number of likely N-dealkylation sites (tertiary alicyclic amines) is 1. The highest BCUT2D eigenvalue weighted by atomic mass is 16.2. The van der Waals surface area contributed by atoms with Crippen molar-refractivity contribution < 1.29 is 9.59 Å². The molecule has 0 bridgehead atoms. The van der Waals surface area contributed by atoms with E-state index < -0.39 is 0 Å². The van der Waals surface area contributed by atoms with Gasteiger partial charge in [0, 0.05) is 37.5 Å². The van der Waals surface area contributed by atoms with Crippen LogP contribution >= 0.6 is 0 Å². The molecular formula is C19H26N4O3.